The Morgan fingerprint density at radius 2 is 2.20 bits per heavy atom. The van der Waals surface area contributed by atoms with Gasteiger partial charge in [-0.1, -0.05) is 6.07 Å². The molecule has 0 unspecified atom stereocenters. The zero-order valence-electron chi connectivity index (χ0n) is 9.12. The zero-order chi connectivity index (χ0) is 9.97. The van der Waals surface area contributed by atoms with E-state index in [4.69, 9.17) is 4.74 Å². The van der Waals surface area contributed by atoms with Gasteiger partial charge in [-0.2, -0.15) is 0 Å². The highest BCUT2D eigenvalue weighted by Crippen LogP contribution is 2.16. The Labute approximate surface area is 96.7 Å². The van der Waals surface area contributed by atoms with Crippen LogP contribution in [0.1, 0.15) is 25.1 Å². The number of fused-ring (bicyclic) bond motifs is 1. The quantitative estimate of drug-likeness (QED) is 0.840. The molecule has 0 atom stereocenters. The molecule has 0 saturated carbocycles. The summed E-state index contributed by atoms with van der Waals surface area (Å²) in [5.41, 5.74) is 2.48. The average molecular weight is 229 g/mol. The van der Waals surface area contributed by atoms with Crippen molar-refractivity contribution in [1.29, 1.82) is 0 Å². The fraction of sp³-hybridized carbons (Fsp3) is 0.545. The van der Waals surface area contributed by atoms with Gasteiger partial charge in [0.25, 0.3) is 0 Å². The van der Waals surface area contributed by atoms with Crippen molar-refractivity contribution in [2.75, 3.05) is 6.54 Å². The number of hydrogen-bond donors (Lipinski definition) is 1. The summed E-state index contributed by atoms with van der Waals surface area (Å²) in [6.45, 7) is 5.99. The normalized spacial score (nSPS) is 14.3. The topological polar surface area (TPSA) is 34.1 Å². The molecule has 1 aromatic rings. The predicted molar refractivity (Wildman–Crippen MR) is 62.7 cm³/mol. The van der Waals surface area contributed by atoms with Gasteiger partial charge in [0.15, 0.2) is 0 Å². The summed E-state index contributed by atoms with van der Waals surface area (Å²) in [5, 5.41) is 3.32. The summed E-state index contributed by atoms with van der Waals surface area (Å²) >= 11 is 0. The van der Waals surface area contributed by atoms with Gasteiger partial charge in [-0.25, -0.2) is 4.98 Å². The Hall–Kier alpha value is -0.800. The molecule has 0 bridgehead atoms. The van der Waals surface area contributed by atoms with Gasteiger partial charge in [-0.05, 0) is 19.4 Å². The lowest BCUT2D eigenvalue weighted by Gasteiger charge is -2.17. The van der Waals surface area contributed by atoms with E-state index in [2.05, 4.69) is 16.4 Å². The number of nitrogens with zero attached hydrogens (tertiary/aromatic N) is 1. The number of rotatable bonds is 2. The second kappa shape index (κ2) is 5.33. The van der Waals surface area contributed by atoms with Crippen LogP contribution in [0.25, 0.3) is 0 Å². The van der Waals surface area contributed by atoms with E-state index in [1.54, 1.807) is 0 Å². The highest BCUT2D eigenvalue weighted by atomic mass is 35.5. The molecule has 0 saturated heterocycles. The van der Waals surface area contributed by atoms with Gasteiger partial charge in [0, 0.05) is 25.6 Å². The Morgan fingerprint density at radius 3 is 2.93 bits per heavy atom. The summed E-state index contributed by atoms with van der Waals surface area (Å²) in [6, 6.07) is 4.05. The average Bonchev–Trinajstić information content (AvgIpc) is 2.17. The van der Waals surface area contributed by atoms with Crippen molar-refractivity contribution in [1.82, 2.24) is 10.3 Å². The molecular formula is C11H17ClN2O. The molecule has 1 aliphatic heterocycles. The van der Waals surface area contributed by atoms with Crippen LogP contribution in [0.4, 0.5) is 0 Å². The van der Waals surface area contributed by atoms with Crippen molar-refractivity contribution in [3.8, 4) is 5.88 Å². The van der Waals surface area contributed by atoms with E-state index in [9.17, 15) is 0 Å². The van der Waals surface area contributed by atoms with Crippen molar-refractivity contribution in [3.63, 3.8) is 0 Å². The van der Waals surface area contributed by atoms with E-state index >= 15 is 0 Å². The third-order valence-electron chi connectivity index (χ3n) is 2.25. The summed E-state index contributed by atoms with van der Waals surface area (Å²) in [6.07, 6.45) is 1.20. The molecule has 0 amide bonds. The van der Waals surface area contributed by atoms with E-state index in [-0.39, 0.29) is 18.5 Å². The second-order valence-corrected chi connectivity index (χ2v) is 3.85. The Balaban J connectivity index is 0.00000112. The van der Waals surface area contributed by atoms with Gasteiger partial charge in [0.2, 0.25) is 5.88 Å². The second-order valence-electron chi connectivity index (χ2n) is 3.85. The molecular weight excluding hydrogens is 212 g/mol. The monoisotopic (exact) mass is 228 g/mol. The molecule has 84 valence electrons. The van der Waals surface area contributed by atoms with Crippen LogP contribution in [0.5, 0.6) is 5.88 Å². The molecule has 2 rings (SSSR count). The molecule has 0 aromatic carbocycles. The molecule has 0 aliphatic carbocycles. The summed E-state index contributed by atoms with van der Waals surface area (Å²) in [4.78, 5) is 4.49. The number of nitrogens with one attached hydrogen (secondary N) is 1. The first-order valence-corrected chi connectivity index (χ1v) is 5.12. The minimum Gasteiger partial charge on any atom is -0.475 e. The number of pyridine rings is 1. The van der Waals surface area contributed by atoms with Gasteiger partial charge >= 0.3 is 0 Å². The van der Waals surface area contributed by atoms with Crippen LogP contribution in [0, 0.1) is 0 Å². The molecule has 15 heavy (non-hydrogen) atoms. The van der Waals surface area contributed by atoms with E-state index < -0.39 is 0 Å². The fourth-order valence-electron chi connectivity index (χ4n) is 1.62. The first-order valence-electron chi connectivity index (χ1n) is 5.12. The molecule has 0 fully saturated rings. The van der Waals surface area contributed by atoms with E-state index in [1.807, 2.05) is 19.9 Å². The zero-order valence-corrected chi connectivity index (χ0v) is 9.93. The minimum atomic E-state index is 0. The molecule has 1 aromatic heterocycles. The molecule has 0 radical (unpaired) electrons. The van der Waals surface area contributed by atoms with Gasteiger partial charge in [-0.3, -0.25) is 0 Å². The summed E-state index contributed by atoms with van der Waals surface area (Å²) in [5.74, 6) is 0.751. The Bertz CT molecular complexity index is 328. The lowest BCUT2D eigenvalue weighted by molar-refractivity contribution is 0.231. The minimum absolute atomic E-state index is 0. The number of aromatic nitrogens is 1. The summed E-state index contributed by atoms with van der Waals surface area (Å²) < 4.78 is 5.55. The lowest BCUT2D eigenvalue weighted by atomic mass is 10.1. The SMILES string of the molecule is CC(C)Oc1ccc2c(n1)CCNC2.Cl. The molecule has 2 heterocycles. The van der Waals surface area contributed by atoms with Crippen LogP contribution in [-0.2, 0) is 13.0 Å². The molecule has 0 spiro atoms. The number of ether oxygens (including phenoxy) is 1. The van der Waals surface area contributed by atoms with Gasteiger partial charge in [0.1, 0.15) is 0 Å². The maximum Gasteiger partial charge on any atom is 0.213 e. The van der Waals surface area contributed by atoms with Crippen molar-refractivity contribution in [2.45, 2.75) is 32.9 Å². The van der Waals surface area contributed by atoms with Crippen LogP contribution in [-0.4, -0.2) is 17.6 Å². The maximum absolute atomic E-state index is 5.55. The molecule has 1 N–H and O–H groups in total. The van der Waals surface area contributed by atoms with E-state index in [1.165, 1.54) is 11.3 Å². The molecule has 4 heteroatoms. The lowest BCUT2D eigenvalue weighted by Crippen LogP contribution is -2.24. The summed E-state index contributed by atoms with van der Waals surface area (Å²) in [7, 11) is 0. The third kappa shape index (κ3) is 3.08. The van der Waals surface area contributed by atoms with Crippen molar-refractivity contribution in [2.24, 2.45) is 0 Å². The van der Waals surface area contributed by atoms with Crippen LogP contribution in [0.3, 0.4) is 0 Å². The van der Waals surface area contributed by atoms with Crippen molar-refractivity contribution in [3.05, 3.63) is 23.4 Å². The first kappa shape index (κ1) is 12.3. The maximum atomic E-state index is 5.55. The van der Waals surface area contributed by atoms with Crippen LogP contribution < -0.4 is 10.1 Å². The molecule has 3 nitrogen and oxygen atoms in total. The Morgan fingerprint density at radius 1 is 1.40 bits per heavy atom. The molecule has 1 aliphatic rings. The smallest absolute Gasteiger partial charge is 0.213 e. The van der Waals surface area contributed by atoms with Crippen LogP contribution >= 0.6 is 12.4 Å². The van der Waals surface area contributed by atoms with Gasteiger partial charge in [0.05, 0.1) is 11.8 Å². The number of halogens is 1. The predicted octanol–water partition coefficient (Wildman–Crippen LogP) is 1.94. The van der Waals surface area contributed by atoms with E-state index in [0.29, 0.717) is 0 Å². The van der Waals surface area contributed by atoms with Crippen LogP contribution in [0.2, 0.25) is 0 Å². The van der Waals surface area contributed by atoms with Crippen molar-refractivity contribution < 1.29 is 4.74 Å². The fourth-order valence-corrected chi connectivity index (χ4v) is 1.62. The van der Waals surface area contributed by atoms with Crippen molar-refractivity contribution >= 4 is 12.4 Å². The van der Waals surface area contributed by atoms with E-state index in [0.717, 1.165) is 25.4 Å². The highest BCUT2D eigenvalue weighted by Gasteiger charge is 2.11. The van der Waals surface area contributed by atoms with Crippen LogP contribution in [0.15, 0.2) is 12.1 Å². The first-order chi connectivity index (χ1) is 6.75. The largest absolute Gasteiger partial charge is 0.475 e. The Kier molecular flexibility index (Phi) is 4.36. The van der Waals surface area contributed by atoms with Gasteiger partial charge in [-0.15, -0.1) is 12.4 Å². The number of hydrogen-bond acceptors (Lipinski definition) is 3. The third-order valence-corrected chi connectivity index (χ3v) is 2.25. The van der Waals surface area contributed by atoms with Gasteiger partial charge < -0.3 is 10.1 Å². The standard InChI is InChI=1S/C11H16N2O.ClH/c1-8(2)14-11-4-3-9-7-12-6-5-10(9)13-11;/h3-4,8,12H,5-7H2,1-2H3;1H. The highest BCUT2D eigenvalue weighted by molar-refractivity contribution is 5.85.